The quantitative estimate of drug-likeness (QED) is 0.582. The summed E-state index contributed by atoms with van der Waals surface area (Å²) in [6.45, 7) is -0.0130. The maximum absolute atomic E-state index is 12.7. The minimum absolute atomic E-state index is 0.0130. The highest BCUT2D eigenvalue weighted by molar-refractivity contribution is 5.23. The van der Waals surface area contributed by atoms with Gasteiger partial charge in [-0.2, -0.15) is 0 Å². The van der Waals surface area contributed by atoms with Crippen LogP contribution in [0.5, 0.6) is 5.75 Å². The zero-order valence-corrected chi connectivity index (χ0v) is 5.80. The normalized spacial score (nSPS) is 8.73. The van der Waals surface area contributed by atoms with E-state index in [1.807, 2.05) is 5.92 Å². The second-order valence-electron chi connectivity index (χ2n) is 1.90. The van der Waals surface area contributed by atoms with Crippen LogP contribution in [0.25, 0.3) is 0 Å². The maximum atomic E-state index is 12.7. The lowest BCUT2D eigenvalue weighted by Crippen LogP contribution is -1.95. The Morgan fingerprint density at radius 3 is 2.82 bits per heavy atom. The van der Waals surface area contributed by atoms with Gasteiger partial charge in [0.25, 0.3) is 0 Å². The Kier molecular flexibility index (Phi) is 2.51. The smallest absolute Gasteiger partial charge is 0.165 e. The van der Waals surface area contributed by atoms with Gasteiger partial charge in [0.05, 0.1) is 0 Å². The predicted octanol–water partition coefficient (Wildman–Crippen LogP) is 1.79. The molecular weight excluding hydrogens is 143 g/mol. The molecule has 2 heteroatoms. The summed E-state index contributed by atoms with van der Waals surface area (Å²) in [4.78, 5) is 0. The Morgan fingerprint density at radius 1 is 1.45 bits per heavy atom. The van der Waals surface area contributed by atoms with Gasteiger partial charge in [-0.1, -0.05) is 12.1 Å². The zero-order chi connectivity index (χ0) is 8.10. The summed E-state index contributed by atoms with van der Waals surface area (Å²) in [5, 5.41) is 0. The first-order valence-corrected chi connectivity index (χ1v) is 3.11. The van der Waals surface area contributed by atoms with Crippen molar-refractivity contribution in [3.05, 3.63) is 36.5 Å². The first-order chi connectivity index (χ1) is 5.34. The average Bonchev–Trinajstić information content (AvgIpc) is 2.03. The summed E-state index contributed by atoms with van der Waals surface area (Å²) in [7, 11) is 0. The van der Waals surface area contributed by atoms with Gasteiger partial charge in [-0.15, -0.1) is 0 Å². The minimum atomic E-state index is -0.414. The first kappa shape index (κ1) is 7.62. The van der Waals surface area contributed by atoms with Crippen LogP contribution in [0, 0.1) is 18.2 Å². The topological polar surface area (TPSA) is 9.23 Å². The highest BCUT2D eigenvalue weighted by atomic mass is 19.1. The molecule has 1 aromatic carbocycles. The standard InChI is InChI=1S/C9H6FO/c1-2-7-11-9-6-4-3-5-8(9)10/h3-6H,7H2. The lowest BCUT2D eigenvalue weighted by molar-refractivity contribution is 0.348. The molecule has 0 bridgehead atoms. The molecule has 0 aliphatic heterocycles. The zero-order valence-electron chi connectivity index (χ0n) is 5.80. The van der Waals surface area contributed by atoms with Crippen LogP contribution >= 0.6 is 0 Å². The van der Waals surface area contributed by atoms with Gasteiger partial charge in [-0.3, -0.25) is 0 Å². The number of benzene rings is 1. The molecule has 0 aromatic heterocycles. The molecule has 1 rings (SSSR count). The van der Waals surface area contributed by atoms with Gasteiger partial charge in [-0.05, 0) is 24.5 Å². The van der Waals surface area contributed by atoms with Crippen molar-refractivity contribution in [2.75, 3.05) is 6.61 Å². The summed E-state index contributed by atoms with van der Waals surface area (Å²) in [5.41, 5.74) is 0. The molecule has 1 aromatic rings. The Balaban J connectivity index is 2.71. The van der Waals surface area contributed by atoms with Crippen LogP contribution in [0.2, 0.25) is 0 Å². The van der Waals surface area contributed by atoms with Gasteiger partial charge >= 0.3 is 0 Å². The van der Waals surface area contributed by atoms with Crippen LogP contribution in [0.1, 0.15) is 0 Å². The molecule has 55 valence electrons. The van der Waals surface area contributed by atoms with E-state index >= 15 is 0 Å². The van der Waals surface area contributed by atoms with E-state index in [4.69, 9.17) is 11.2 Å². The van der Waals surface area contributed by atoms with Gasteiger partial charge < -0.3 is 4.74 Å². The number of hydrogen-bond donors (Lipinski definition) is 0. The number of hydrogen-bond acceptors (Lipinski definition) is 1. The van der Waals surface area contributed by atoms with E-state index in [1.54, 1.807) is 12.1 Å². The van der Waals surface area contributed by atoms with Crippen LogP contribution in [-0.4, -0.2) is 6.61 Å². The third kappa shape index (κ3) is 1.98. The summed E-state index contributed by atoms with van der Waals surface area (Å²) < 4.78 is 17.5. The minimum Gasteiger partial charge on any atom is -0.478 e. The van der Waals surface area contributed by atoms with Gasteiger partial charge in [0.2, 0.25) is 0 Å². The van der Waals surface area contributed by atoms with E-state index in [1.165, 1.54) is 12.1 Å². The lowest BCUT2D eigenvalue weighted by atomic mass is 10.3. The van der Waals surface area contributed by atoms with Crippen LogP contribution < -0.4 is 4.74 Å². The molecule has 0 aliphatic carbocycles. The van der Waals surface area contributed by atoms with E-state index in [-0.39, 0.29) is 12.4 Å². The Bertz CT molecular complexity index is 275. The molecule has 0 unspecified atom stereocenters. The average molecular weight is 149 g/mol. The fraction of sp³-hybridized carbons (Fsp3) is 0.111. The van der Waals surface area contributed by atoms with Crippen molar-refractivity contribution < 1.29 is 9.13 Å². The van der Waals surface area contributed by atoms with Crippen LogP contribution in [0.3, 0.4) is 0 Å². The van der Waals surface area contributed by atoms with E-state index < -0.39 is 5.82 Å². The van der Waals surface area contributed by atoms with Crippen molar-refractivity contribution >= 4 is 0 Å². The van der Waals surface area contributed by atoms with Crippen molar-refractivity contribution in [3.63, 3.8) is 0 Å². The summed E-state index contributed by atoms with van der Waals surface area (Å²) >= 11 is 0. The fourth-order valence-corrected chi connectivity index (χ4v) is 0.676. The predicted molar refractivity (Wildman–Crippen MR) is 39.0 cm³/mol. The molecule has 1 nitrogen and oxygen atoms in total. The van der Waals surface area contributed by atoms with E-state index in [0.717, 1.165) is 0 Å². The summed E-state index contributed by atoms with van der Waals surface area (Å²) in [6.07, 6.45) is 6.52. The Labute approximate surface area is 64.8 Å². The van der Waals surface area contributed by atoms with Crippen LogP contribution in [-0.2, 0) is 0 Å². The Hall–Kier alpha value is -1.49. The lowest BCUT2D eigenvalue weighted by Gasteiger charge is -2.01. The molecular formula is C9H6FO. The van der Waals surface area contributed by atoms with Crippen molar-refractivity contribution in [1.82, 2.24) is 0 Å². The van der Waals surface area contributed by atoms with E-state index in [0.29, 0.717) is 0 Å². The third-order valence-corrected chi connectivity index (χ3v) is 1.14. The largest absolute Gasteiger partial charge is 0.478 e. The van der Waals surface area contributed by atoms with Gasteiger partial charge in [0, 0.05) is 0 Å². The molecule has 11 heavy (non-hydrogen) atoms. The van der Waals surface area contributed by atoms with Crippen molar-refractivity contribution in [2.24, 2.45) is 0 Å². The van der Waals surface area contributed by atoms with E-state index in [9.17, 15) is 4.39 Å². The highest BCUT2D eigenvalue weighted by Gasteiger charge is 1.98. The Morgan fingerprint density at radius 2 is 2.18 bits per heavy atom. The third-order valence-electron chi connectivity index (χ3n) is 1.14. The second-order valence-corrected chi connectivity index (χ2v) is 1.90. The van der Waals surface area contributed by atoms with Crippen LogP contribution in [0.4, 0.5) is 4.39 Å². The van der Waals surface area contributed by atoms with E-state index in [2.05, 4.69) is 0 Å². The van der Waals surface area contributed by atoms with Crippen molar-refractivity contribution in [1.29, 1.82) is 0 Å². The summed E-state index contributed by atoms with van der Waals surface area (Å²) in [5.74, 6) is 1.75. The van der Waals surface area contributed by atoms with Crippen molar-refractivity contribution in [2.45, 2.75) is 0 Å². The molecule has 0 spiro atoms. The fourth-order valence-electron chi connectivity index (χ4n) is 0.676. The molecule has 0 fully saturated rings. The van der Waals surface area contributed by atoms with Crippen molar-refractivity contribution in [3.8, 4) is 11.7 Å². The van der Waals surface area contributed by atoms with Gasteiger partial charge in [0.1, 0.15) is 6.61 Å². The molecule has 0 heterocycles. The van der Waals surface area contributed by atoms with Gasteiger partial charge in [-0.25, -0.2) is 4.39 Å². The molecule has 1 radical (unpaired) electrons. The molecule has 0 atom stereocenters. The molecule has 0 N–H and O–H groups in total. The molecule has 0 saturated heterocycles. The highest BCUT2D eigenvalue weighted by Crippen LogP contribution is 2.14. The molecule has 0 aliphatic rings. The SMILES string of the molecule is [C]#CCOc1ccccc1F. The second kappa shape index (κ2) is 3.62. The number of ether oxygens (including phenoxy) is 1. The number of rotatable bonds is 2. The van der Waals surface area contributed by atoms with Crippen LogP contribution in [0.15, 0.2) is 24.3 Å². The molecule has 0 saturated carbocycles. The maximum Gasteiger partial charge on any atom is 0.165 e. The number of para-hydroxylation sites is 1. The first-order valence-electron chi connectivity index (χ1n) is 3.11. The van der Waals surface area contributed by atoms with Gasteiger partial charge in [0.15, 0.2) is 11.6 Å². The number of halogens is 1. The summed E-state index contributed by atoms with van der Waals surface area (Å²) in [6, 6.07) is 6.06. The monoisotopic (exact) mass is 149 g/mol. The molecule has 0 amide bonds.